The summed E-state index contributed by atoms with van der Waals surface area (Å²) in [4.78, 5) is 28.8. The molecule has 0 fully saturated rings. The average molecular weight is 526 g/mol. The molecule has 5 nitrogen and oxygen atoms in total. The fraction of sp³-hybridized carbons (Fsp3) is 0.308. The SMILES string of the molecule is CCCN(CC(=O)N(Cc1ccccc1)Cc1ccco1)C(=O)c1cc(C(F)(F)F)cc(C(F)(F)F)c1. The van der Waals surface area contributed by atoms with E-state index in [-0.39, 0.29) is 25.7 Å². The molecule has 11 heteroatoms. The van der Waals surface area contributed by atoms with Crippen molar-refractivity contribution in [1.82, 2.24) is 9.80 Å². The Morgan fingerprint density at radius 3 is 1.95 bits per heavy atom. The Balaban J connectivity index is 1.90. The molecule has 1 heterocycles. The molecule has 0 aliphatic rings. The summed E-state index contributed by atoms with van der Waals surface area (Å²) in [6.07, 6.45) is -8.45. The summed E-state index contributed by atoms with van der Waals surface area (Å²) >= 11 is 0. The van der Waals surface area contributed by atoms with E-state index in [9.17, 15) is 35.9 Å². The van der Waals surface area contributed by atoms with Crippen LogP contribution < -0.4 is 0 Å². The predicted molar refractivity (Wildman–Crippen MR) is 122 cm³/mol. The highest BCUT2D eigenvalue weighted by molar-refractivity contribution is 5.97. The lowest BCUT2D eigenvalue weighted by Crippen LogP contribution is -2.43. The molecule has 0 aliphatic heterocycles. The van der Waals surface area contributed by atoms with E-state index in [0.29, 0.717) is 24.3 Å². The number of carbonyl (C=O) groups is 2. The number of benzene rings is 2. The van der Waals surface area contributed by atoms with E-state index in [4.69, 9.17) is 4.42 Å². The number of halogens is 6. The van der Waals surface area contributed by atoms with Gasteiger partial charge in [-0.3, -0.25) is 9.59 Å². The highest BCUT2D eigenvalue weighted by atomic mass is 19.4. The first-order valence-electron chi connectivity index (χ1n) is 11.3. The predicted octanol–water partition coefficient (Wildman–Crippen LogP) is 6.40. The Morgan fingerprint density at radius 2 is 1.43 bits per heavy atom. The second-order valence-corrected chi connectivity index (χ2v) is 8.34. The van der Waals surface area contributed by atoms with Crippen LogP contribution in [0, 0.1) is 0 Å². The van der Waals surface area contributed by atoms with Gasteiger partial charge in [0.05, 0.1) is 23.9 Å². The summed E-state index contributed by atoms with van der Waals surface area (Å²) in [6.45, 7) is 1.27. The average Bonchev–Trinajstić information content (AvgIpc) is 3.35. The molecule has 0 aliphatic carbocycles. The van der Waals surface area contributed by atoms with Gasteiger partial charge < -0.3 is 14.2 Å². The molecule has 0 atom stereocenters. The quantitative estimate of drug-likeness (QED) is 0.303. The van der Waals surface area contributed by atoms with Crippen molar-refractivity contribution >= 4 is 11.8 Å². The highest BCUT2D eigenvalue weighted by Crippen LogP contribution is 2.36. The number of furan rings is 1. The van der Waals surface area contributed by atoms with Crippen molar-refractivity contribution in [1.29, 1.82) is 0 Å². The maximum Gasteiger partial charge on any atom is 0.416 e. The zero-order valence-corrected chi connectivity index (χ0v) is 19.8. The van der Waals surface area contributed by atoms with E-state index < -0.39 is 47.4 Å². The summed E-state index contributed by atoms with van der Waals surface area (Å²) in [5.74, 6) is -1.19. The zero-order chi connectivity index (χ0) is 27.2. The molecular formula is C26H24F6N2O3. The van der Waals surface area contributed by atoms with E-state index in [1.807, 2.05) is 0 Å². The molecule has 0 N–H and O–H groups in total. The molecule has 0 spiro atoms. The van der Waals surface area contributed by atoms with Crippen LogP contribution in [0.5, 0.6) is 0 Å². The van der Waals surface area contributed by atoms with Crippen molar-refractivity contribution < 1.29 is 40.3 Å². The van der Waals surface area contributed by atoms with Crippen molar-refractivity contribution in [3.63, 3.8) is 0 Å². The third kappa shape index (κ3) is 7.61. The Bertz CT molecular complexity index is 1160. The number of alkyl halides is 6. The molecule has 2 aromatic carbocycles. The normalized spacial score (nSPS) is 11.9. The monoisotopic (exact) mass is 526 g/mol. The van der Waals surface area contributed by atoms with Gasteiger partial charge in [-0.1, -0.05) is 37.3 Å². The number of hydrogen-bond donors (Lipinski definition) is 0. The van der Waals surface area contributed by atoms with Crippen LogP contribution in [0.15, 0.2) is 71.3 Å². The Kier molecular flexibility index (Phi) is 8.67. The second kappa shape index (κ2) is 11.5. The Morgan fingerprint density at radius 1 is 0.811 bits per heavy atom. The zero-order valence-electron chi connectivity index (χ0n) is 19.8. The first-order valence-corrected chi connectivity index (χ1v) is 11.3. The van der Waals surface area contributed by atoms with Crippen molar-refractivity contribution in [2.75, 3.05) is 13.1 Å². The van der Waals surface area contributed by atoms with Crippen LogP contribution in [0.3, 0.4) is 0 Å². The number of hydrogen-bond acceptors (Lipinski definition) is 3. The highest BCUT2D eigenvalue weighted by Gasteiger charge is 2.38. The molecule has 0 bridgehead atoms. The molecule has 37 heavy (non-hydrogen) atoms. The lowest BCUT2D eigenvalue weighted by atomic mass is 10.0. The summed E-state index contributed by atoms with van der Waals surface area (Å²) in [5, 5.41) is 0. The molecule has 2 amide bonds. The van der Waals surface area contributed by atoms with Gasteiger partial charge in [0.1, 0.15) is 12.3 Å². The number of nitrogens with zero attached hydrogens (tertiary/aromatic N) is 2. The molecule has 0 radical (unpaired) electrons. The summed E-state index contributed by atoms with van der Waals surface area (Å²) in [7, 11) is 0. The molecule has 1 aromatic heterocycles. The summed E-state index contributed by atoms with van der Waals surface area (Å²) < 4.78 is 85.1. The first-order chi connectivity index (χ1) is 17.4. The maximum atomic E-state index is 13.3. The smallest absolute Gasteiger partial charge is 0.416 e. The largest absolute Gasteiger partial charge is 0.467 e. The third-order valence-corrected chi connectivity index (χ3v) is 5.44. The van der Waals surface area contributed by atoms with Crippen LogP contribution in [0.25, 0.3) is 0 Å². The van der Waals surface area contributed by atoms with E-state index in [1.54, 1.807) is 49.4 Å². The minimum absolute atomic E-state index is 0.0446. The number of amides is 2. The van der Waals surface area contributed by atoms with E-state index in [0.717, 1.165) is 10.5 Å². The van der Waals surface area contributed by atoms with E-state index >= 15 is 0 Å². The second-order valence-electron chi connectivity index (χ2n) is 8.34. The van der Waals surface area contributed by atoms with Gasteiger partial charge in [-0.25, -0.2) is 0 Å². The van der Waals surface area contributed by atoms with Gasteiger partial charge >= 0.3 is 12.4 Å². The topological polar surface area (TPSA) is 53.8 Å². The standard InChI is InChI=1S/C26H24F6N2O3/c1-2-10-33(24(36)19-12-20(25(27,28)29)14-21(13-19)26(30,31)32)17-23(35)34(16-22-9-6-11-37-22)15-18-7-4-3-5-8-18/h3-9,11-14H,2,10,15-17H2,1H3. The van der Waals surface area contributed by atoms with Gasteiger partial charge in [-0.15, -0.1) is 0 Å². The van der Waals surface area contributed by atoms with Gasteiger partial charge in [0.2, 0.25) is 5.91 Å². The van der Waals surface area contributed by atoms with E-state index in [2.05, 4.69) is 0 Å². The minimum atomic E-state index is -5.10. The van der Waals surface area contributed by atoms with Crippen molar-refractivity contribution in [3.05, 3.63) is 94.9 Å². The molecular weight excluding hydrogens is 502 g/mol. The summed E-state index contributed by atoms with van der Waals surface area (Å²) in [6, 6.07) is 12.9. The van der Waals surface area contributed by atoms with Crippen molar-refractivity contribution in [2.24, 2.45) is 0 Å². The number of carbonyl (C=O) groups excluding carboxylic acids is 2. The fourth-order valence-corrected chi connectivity index (χ4v) is 3.67. The molecule has 198 valence electrons. The first kappa shape index (κ1) is 27.8. The van der Waals surface area contributed by atoms with E-state index in [1.165, 1.54) is 11.2 Å². The van der Waals surface area contributed by atoms with Gasteiger partial charge in [-0.05, 0) is 42.3 Å². The fourth-order valence-electron chi connectivity index (χ4n) is 3.67. The molecule has 3 rings (SSSR count). The molecule has 0 saturated heterocycles. The Labute approximate surface area is 209 Å². The third-order valence-electron chi connectivity index (χ3n) is 5.44. The van der Waals surface area contributed by atoms with Crippen LogP contribution >= 0.6 is 0 Å². The van der Waals surface area contributed by atoms with Crippen molar-refractivity contribution in [3.8, 4) is 0 Å². The molecule has 3 aromatic rings. The van der Waals surface area contributed by atoms with Crippen LogP contribution in [-0.4, -0.2) is 34.7 Å². The maximum absolute atomic E-state index is 13.3. The van der Waals surface area contributed by atoms with Crippen LogP contribution in [0.1, 0.15) is 46.2 Å². The minimum Gasteiger partial charge on any atom is -0.467 e. The van der Waals surface area contributed by atoms with Crippen molar-refractivity contribution in [2.45, 2.75) is 38.8 Å². The van der Waals surface area contributed by atoms with Crippen LogP contribution in [0.2, 0.25) is 0 Å². The number of rotatable bonds is 9. The summed E-state index contributed by atoms with van der Waals surface area (Å²) in [5.41, 5.74) is -3.22. The molecule has 0 unspecified atom stereocenters. The molecule has 0 saturated carbocycles. The van der Waals surface area contributed by atoms with Gasteiger partial charge in [0.15, 0.2) is 0 Å². The van der Waals surface area contributed by atoms with Gasteiger partial charge in [0.25, 0.3) is 5.91 Å². The Hall–Kier alpha value is -3.76. The van der Waals surface area contributed by atoms with Gasteiger partial charge in [-0.2, -0.15) is 26.3 Å². The van der Waals surface area contributed by atoms with Crippen LogP contribution in [0.4, 0.5) is 26.3 Å². The van der Waals surface area contributed by atoms with Crippen LogP contribution in [-0.2, 0) is 30.2 Å². The lowest BCUT2D eigenvalue weighted by molar-refractivity contribution is -0.143. The van der Waals surface area contributed by atoms with Gasteiger partial charge in [0, 0.05) is 18.7 Å². The lowest BCUT2D eigenvalue weighted by Gasteiger charge is -2.27.